The zero-order valence-corrected chi connectivity index (χ0v) is 18.9. The molecule has 2 N–H and O–H groups in total. The van der Waals surface area contributed by atoms with Crippen LogP contribution in [0, 0.1) is 0 Å². The summed E-state index contributed by atoms with van der Waals surface area (Å²) in [6.07, 6.45) is 6.87. The van der Waals surface area contributed by atoms with Crippen LogP contribution in [0.15, 0.2) is 88.1 Å². The van der Waals surface area contributed by atoms with Gasteiger partial charge in [0.25, 0.3) is 0 Å². The molecule has 1 amide bonds. The number of carbonyl (C=O) groups is 1. The fourth-order valence-electron chi connectivity index (χ4n) is 3.76. The number of amides is 1. The van der Waals surface area contributed by atoms with Crippen molar-refractivity contribution < 1.29 is 13.9 Å². The monoisotopic (exact) mass is 453 g/mol. The van der Waals surface area contributed by atoms with Crippen LogP contribution < -0.4 is 15.9 Å². The van der Waals surface area contributed by atoms with Gasteiger partial charge < -0.3 is 14.9 Å². The van der Waals surface area contributed by atoms with Crippen LogP contribution in [0.4, 0.5) is 0 Å². The average molecular weight is 454 g/mol. The molecule has 0 aliphatic heterocycles. The molecule has 172 valence electrons. The summed E-state index contributed by atoms with van der Waals surface area (Å²) in [6.45, 7) is 0.685. The Balaban J connectivity index is 1.37. The average Bonchev–Trinajstić information content (AvgIpc) is 2.84. The summed E-state index contributed by atoms with van der Waals surface area (Å²) in [4.78, 5) is 23.6. The molecule has 5 heteroatoms. The number of fused-ring (bicyclic) bond motifs is 1. The summed E-state index contributed by atoms with van der Waals surface area (Å²) in [6, 6.07) is 25.0. The van der Waals surface area contributed by atoms with Gasteiger partial charge in [0, 0.05) is 11.6 Å². The van der Waals surface area contributed by atoms with E-state index in [9.17, 15) is 9.59 Å². The minimum Gasteiger partial charge on any atom is -0.494 e. The summed E-state index contributed by atoms with van der Waals surface area (Å²) in [7, 11) is 0. The molecule has 34 heavy (non-hydrogen) atoms. The fraction of sp³-hybridized carbons (Fsp3) is 0.172. The van der Waals surface area contributed by atoms with Crippen LogP contribution in [0.3, 0.4) is 0 Å². The third-order valence-electron chi connectivity index (χ3n) is 5.49. The molecule has 0 bridgehead atoms. The third kappa shape index (κ3) is 6.23. The topological polar surface area (TPSA) is 82.5 Å². The molecule has 0 unspecified atom stereocenters. The molecule has 3 aromatic carbocycles. The number of primary amides is 1. The first-order chi connectivity index (χ1) is 16.6. The molecule has 0 radical (unpaired) electrons. The standard InChI is InChI=1S/C29H27NO4/c30-28(32)20-25-19-27(31)26-11-6-10-23(29(26)34-25)15-12-22-13-16-24(17-14-22)33-18-5-4-9-21-7-2-1-3-8-21/h1-3,6-8,10-17,19H,4-5,9,18,20H2,(H2,30,32)/b15-12+. The largest absolute Gasteiger partial charge is 0.494 e. The number of benzene rings is 3. The number of ether oxygens (including phenoxy) is 1. The molecule has 1 aromatic heterocycles. The minimum atomic E-state index is -0.547. The van der Waals surface area contributed by atoms with E-state index in [-0.39, 0.29) is 17.6 Å². The Morgan fingerprint density at radius 3 is 2.47 bits per heavy atom. The van der Waals surface area contributed by atoms with Gasteiger partial charge in [0.05, 0.1) is 18.4 Å². The highest BCUT2D eigenvalue weighted by molar-refractivity contribution is 5.88. The highest BCUT2D eigenvalue weighted by Crippen LogP contribution is 2.21. The van der Waals surface area contributed by atoms with E-state index in [0.29, 0.717) is 17.6 Å². The SMILES string of the molecule is NC(=O)Cc1cc(=O)c2cccc(/C=C/c3ccc(OCCCCc4ccccc4)cc3)c2o1. The number of nitrogens with two attached hydrogens (primary N) is 1. The normalized spacial score (nSPS) is 11.2. The Bertz CT molecular complexity index is 1340. The van der Waals surface area contributed by atoms with Crippen LogP contribution in [-0.2, 0) is 17.6 Å². The van der Waals surface area contributed by atoms with Gasteiger partial charge in [-0.2, -0.15) is 0 Å². The first-order valence-corrected chi connectivity index (χ1v) is 11.4. The van der Waals surface area contributed by atoms with Crippen LogP contribution in [0.2, 0.25) is 0 Å². The van der Waals surface area contributed by atoms with Gasteiger partial charge in [0.2, 0.25) is 5.91 Å². The number of para-hydroxylation sites is 1. The highest BCUT2D eigenvalue weighted by Gasteiger charge is 2.09. The second-order valence-corrected chi connectivity index (χ2v) is 8.14. The number of hydrogen-bond donors (Lipinski definition) is 1. The Morgan fingerprint density at radius 1 is 0.912 bits per heavy atom. The van der Waals surface area contributed by atoms with Gasteiger partial charge in [0.1, 0.15) is 17.1 Å². The molecule has 1 heterocycles. The summed E-state index contributed by atoms with van der Waals surface area (Å²) >= 11 is 0. The minimum absolute atomic E-state index is 0.114. The van der Waals surface area contributed by atoms with Gasteiger partial charge in [-0.05, 0) is 48.6 Å². The van der Waals surface area contributed by atoms with Crippen molar-refractivity contribution in [3.63, 3.8) is 0 Å². The van der Waals surface area contributed by atoms with Gasteiger partial charge in [-0.25, -0.2) is 0 Å². The summed E-state index contributed by atoms with van der Waals surface area (Å²) < 4.78 is 11.7. The van der Waals surface area contributed by atoms with Crippen LogP contribution in [-0.4, -0.2) is 12.5 Å². The first kappa shape index (κ1) is 23.1. The molecule has 0 fully saturated rings. The Kier molecular flexibility index (Phi) is 7.56. The van der Waals surface area contributed by atoms with Gasteiger partial charge in [-0.1, -0.05) is 66.7 Å². The number of unbranched alkanes of at least 4 members (excludes halogenated alkanes) is 1. The van der Waals surface area contributed by atoms with E-state index in [1.54, 1.807) is 12.1 Å². The molecule has 4 rings (SSSR count). The van der Waals surface area contributed by atoms with E-state index in [2.05, 4.69) is 24.3 Å². The van der Waals surface area contributed by atoms with Crippen molar-refractivity contribution in [2.24, 2.45) is 5.73 Å². The maximum absolute atomic E-state index is 12.4. The van der Waals surface area contributed by atoms with E-state index in [0.717, 1.165) is 36.1 Å². The quantitative estimate of drug-likeness (QED) is 0.258. The fourth-order valence-corrected chi connectivity index (χ4v) is 3.76. The van der Waals surface area contributed by atoms with Crippen LogP contribution in [0.25, 0.3) is 23.1 Å². The maximum atomic E-state index is 12.4. The van der Waals surface area contributed by atoms with Gasteiger partial charge in [0.15, 0.2) is 5.43 Å². The third-order valence-corrected chi connectivity index (χ3v) is 5.49. The lowest BCUT2D eigenvalue weighted by Crippen LogP contribution is -2.15. The smallest absolute Gasteiger partial charge is 0.225 e. The zero-order valence-electron chi connectivity index (χ0n) is 18.9. The van der Waals surface area contributed by atoms with Crippen molar-refractivity contribution in [2.45, 2.75) is 25.7 Å². The summed E-state index contributed by atoms with van der Waals surface area (Å²) in [5, 5.41) is 0.464. The van der Waals surface area contributed by atoms with E-state index < -0.39 is 5.91 Å². The van der Waals surface area contributed by atoms with Gasteiger partial charge in [-0.3, -0.25) is 9.59 Å². The van der Waals surface area contributed by atoms with Gasteiger partial charge in [-0.15, -0.1) is 0 Å². The molecule has 0 spiro atoms. The Morgan fingerprint density at radius 2 is 1.71 bits per heavy atom. The molecule has 0 saturated heterocycles. The second kappa shape index (κ2) is 11.1. The first-order valence-electron chi connectivity index (χ1n) is 11.4. The Hall–Kier alpha value is -4.12. The van der Waals surface area contributed by atoms with Crippen LogP contribution >= 0.6 is 0 Å². The lowest BCUT2D eigenvalue weighted by molar-refractivity contribution is -0.117. The van der Waals surface area contributed by atoms with Gasteiger partial charge >= 0.3 is 0 Å². The Labute approximate surface area is 198 Å². The van der Waals surface area contributed by atoms with E-state index in [4.69, 9.17) is 14.9 Å². The number of carbonyl (C=O) groups excluding carboxylic acids is 1. The van der Waals surface area contributed by atoms with Crippen molar-refractivity contribution >= 4 is 29.0 Å². The predicted molar refractivity (Wildman–Crippen MR) is 136 cm³/mol. The maximum Gasteiger partial charge on any atom is 0.225 e. The van der Waals surface area contributed by atoms with Crippen LogP contribution in [0.5, 0.6) is 5.75 Å². The number of aryl methyl sites for hydroxylation is 1. The van der Waals surface area contributed by atoms with E-state index >= 15 is 0 Å². The number of rotatable bonds is 10. The van der Waals surface area contributed by atoms with Crippen molar-refractivity contribution in [3.05, 3.63) is 112 Å². The van der Waals surface area contributed by atoms with Crippen molar-refractivity contribution in [1.29, 1.82) is 0 Å². The summed E-state index contributed by atoms with van der Waals surface area (Å²) in [5.74, 6) is 0.550. The molecule has 0 aliphatic rings. The molecule has 4 aromatic rings. The van der Waals surface area contributed by atoms with Crippen molar-refractivity contribution in [3.8, 4) is 5.75 Å². The molecular formula is C29H27NO4. The molecule has 0 aliphatic carbocycles. The predicted octanol–water partition coefficient (Wildman–Crippen LogP) is 5.39. The summed E-state index contributed by atoms with van der Waals surface area (Å²) in [5.41, 5.74) is 8.59. The van der Waals surface area contributed by atoms with E-state index in [1.807, 2.05) is 48.6 Å². The second-order valence-electron chi connectivity index (χ2n) is 8.14. The molecular weight excluding hydrogens is 426 g/mol. The zero-order chi connectivity index (χ0) is 23.8. The lowest BCUT2D eigenvalue weighted by Gasteiger charge is -2.07. The van der Waals surface area contributed by atoms with Crippen LogP contribution in [0.1, 0.15) is 35.3 Å². The number of hydrogen-bond acceptors (Lipinski definition) is 4. The lowest BCUT2D eigenvalue weighted by atomic mass is 10.1. The van der Waals surface area contributed by atoms with E-state index in [1.165, 1.54) is 11.6 Å². The molecule has 0 atom stereocenters. The van der Waals surface area contributed by atoms with Crippen molar-refractivity contribution in [2.75, 3.05) is 6.61 Å². The molecule has 5 nitrogen and oxygen atoms in total. The highest BCUT2D eigenvalue weighted by atomic mass is 16.5. The molecule has 0 saturated carbocycles. The van der Waals surface area contributed by atoms with Crippen molar-refractivity contribution in [1.82, 2.24) is 0 Å².